The number of hydrogen-bond donors (Lipinski definition) is 3. The number of aliphatic hydroxyl groups excluding tert-OH is 1. The molecule has 1 heterocycles. The van der Waals surface area contributed by atoms with E-state index in [1.54, 1.807) is 13.2 Å². The van der Waals surface area contributed by atoms with Gasteiger partial charge in [-0.05, 0) is 31.0 Å². The molecule has 0 bridgehead atoms. The Labute approximate surface area is 146 Å². The van der Waals surface area contributed by atoms with E-state index in [9.17, 15) is 14.4 Å². The molecule has 0 aliphatic carbocycles. The number of hydrogen-bond acceptors (Lipinski definition) is 5. The van der Waals surface area contributed by atoms with Gasteiger partial charge in [0.1, 0.15) is 0 Å². The molecule has 0 aromatic heterocycles. The molecule has 0 fully saturated rings. The maximum Gasteiger partial charge on any atom is 0.319 e. The van der Waals surface area contributed by atoms with Crippen molar-refractivity contribution in [2.75, 3.05) is 32.2 Å². The van der Waals surface area contributed by atoms with Crippen molar-refractivity contribution in [3.05, 3.63) is 29.3 Å². The minimum absolute atomic E-state index is 0.155. The Bertz CT molecular complexity index is 658. The maximum absolute atomic E-state index is 12.4. The van der Waals surface area contributed by atoms with Crippen LogP contribution in [0.1, 0.15) is 40.5 Å². The van der Waals surface area contributed by atoms with Crippen molar-refractivity contribution in [1.82, 2.24) is 10.2 Å². The summed E-state index contributed by atoms with van der Waals surface area (Å²) < 4.78 is 4.94. The number of carbonyl (C=O) groups is 3. The van der Waals surface area contributed by atoms with E-state index in [0.717, 1.165) is 0 Å². The van der Waals surface area contributed by atoms with Gasteiger partial charge in [0.2, 0.25) is 0 Å². The van der Waals surface area contributed by atoms with Crippen molar-refractivity contribution in [2.45, 2.75) is 25.8 Å². The van der Waals surface area contributed by atoms with E-state index < -0.39 is 6.03 Å². The number of imide groups is 1. The minimum Gasteiger partial charge on any atom is -0.394 e. The number of anilines is 1. The molecule has 0 saturated carbocycles. The monoisotopic (exact) mass is 349 g/mol. The number of fused-ring (bicyclic) bond motifs is 1. The van der Waals surface area contributed by atoms with E-state index in [1.165, 1.54) is 17.0 Å². The summed E-state index contributed by atoms with van der Waals surface area (Å²) in [4.78, 5) is 37.8. The number of methoxy groups -OCH3 is 1. The topological polar surface area (TPSA) is 108 Å². The fraction of sp³-hybridized carbons (Fsp3) is 0.471. The number of aliphatic hydroxyl groups is 1. The Hall–Kier alpha value is -2.45. The van der Waals surface area contributed by atoms with Crippen molar-refractivity contribution in [3.8, 4) is 0 Å². The molecular weight excluding hydrogens is 326 g/mol. The highest BCUT2D eigenvalue weighted by Gasteiger charge is 2.35. The second kappa shape index (κ2) is 8.59. The fourth-order valence-corrected chi connectivity index (χ4v) is 2.57. The maximum atomic E-state index is 12.4. The van der Waals surface area contributed by atoms with Crippen molar-refractivity contribution in [1.29, 1.82) is 0 Å². The van der Waals surface area contributed by atoms with Crippen LogP contribution in [-0.2, 0) is 4.74 Å². The van der Waals surface area contributed by atoms with E-state index in [4.69, 9.17) is 9.84 Å². The van der Waals surface area contributed by atoms with Crippen LogP contribution in [0.4, 0.5) is 10.5 Å². The lowest BCUT2D eigenvalue weighted by Gasteiger charge is -2.14. The SMILES string of the molecule is CCC(CO)NC(=O)Nc1ccc2c(c1)C(=O)N(CCCOC)C2=O. The Morgan fingerprint density at radius 1 is 1.28 bits per heavy atom. The highest BCUT2D eigenvalue weighted by Crippen LogP contribution is 2.26. The molecule has 4 amide bonds. The largest absolute Gasteiger partial charge is 0.394 e. The minimum atomic E-state index is -0.477. The molecule has 1 unspecified atom stereocenters. The van der Waals surface area contributed by atoms with E-state index in [1.807, 2.05) is 6.92 Å². The summed E-state index contributed by atoms with van der Waals surface area (Å²) in [7, 11) is 1.56. The first-order chi connectivity index (χ1) is 12.0. The van der Waals surface area contributed by atoms with Crippen LogP contribution < -0.4 is 10.6 Å². The highest BCUT2D eigenvalue weighted by atomic mass is 16.5. The third kappa shape index (κ3) is 4.34. The molecule has 8 heteroatoms. The first-order valence-corrected chi connectivity index (χ1v) is 8.19. The highest BCUT2D eigenvalue weighted by molar-refractivity contribution is 6.21. The second-order valence-corrected chi connectivity index (χ2v) is 5.75. The normalized spacial score (nSPS) is 14.4. The van der Waals surface area contributed by atoms with Gasteiger partial charge in [-0.15, -0.1) is 0 Å². The molecule has 1 aromatic carbocycles. The van der Waals surface area contributed by atoms with Gasteiger partial charge in [0.05, 0.1) is 23.8 Å². The Morgan fingerprint density at radius 2 is 2.00 bits per heavy atom. The predicted octanol–water partition coefficient (Wildman–Crippen LogP) is 1.21. The van der Waals surface area contributed by atoms with Gasteiger partial charge in [-0.25, -0.2) is 4.79 Å². The number of ether oxygens (including phenoxy) is 1. The zero-order valence-corrected chi connectivity index (χ0v) is 14.4. The van der Waals surface area contributed by atoms with Crippen LogP contribution in [0.3, 0.4) is 0 Å². The summed E-state index contributed by atoms with van der Waals surface area (Å²) in [5.74, 6) is -0.708. The summed E-state index contributed by atoms with van der Waals surface area (Å²) in [6, 6.07) is 3.78. The molecule has 1 aliphatic rings. The van der Waals surface area contributed by atoms with Gasteiger partial charge >= 0.3 is 6.03 Å². The van der Waals surface area contributed by atoms with Gasteiger partial charge < -0.3 is 20.5 Å². The van der Waals surface area contributed by atoms with Crippen LogP contribution in [0, 0.1) is 0 Å². The average molecular weight is 349 g/mol. The van der Waals surface area contributed by atoms with E-state index in [-0.39, 0.29) is 36.6 Å². The van der Waals surface area contributed by atoms with Crippen molar-refractivity contribution < 1.29 is 24.2 Å². The van der Waals surface area contributed by atoms with Crippen LogP contribution in [0.5, 0.6) is 0 Å². The van der Waals surface area contributed by atoms with Gasteiger partial charge in [0.15, 0.2) is 0 Å². The van der Waals surface area contributed by atoms with E-state index >= 15 is 0 Å². The molecule has 25 heavy (non-hydrogen) atoms. The molecule has 0 spiro atoms. The van der Waals surface area contributed by atoms with Crippen LogP contribution in [0.2, 0.25) is 0 Å². The van der Waals surface area contributed by atoms with Gasteiger partial charge in [-0.1, -0.05) is 6.92 Å². The lowest BCUT2D eigenvalue weighted by molar-refractivity contribution is 0.0638. The average Bonchev–Trinajstić information content (AvgIpc) is 2.84. The second-order valence-electron chi connectivity index (χ2n) is 5.75. The van der Waals surface area contributed by atoms with Gasteiger partial charge in [-0.2, -0.15) is 0 Å². The number of urea groups is 1. The third-order valence-corrected chi connectivity index (χ3v) is 4.01. The molecule has 3 N–H and O–H groups in total. The van der Waals surface area contributed by atoms with Crippen molar-refractivity contribution in [2.24, 2.45) is 0 Å². The zero-order valence-electron chi connectivity index (χ0n) is 14.4. The Balaban J connectivity index is 2.07. The quantitative estimate of drug-likeness (QED) is 0.483. The summed E-state index contributed by atoms with van der Waals surface area (Å²) in [6.07, 6.45) is 1.16. The molecular formula is C17H23N3O5. The molecule has 1 aromatic rings. The summed E-state index contributed by atoms with van der Waals surface area (Å²) in [5.41, 5.74) is 1.01. The predicted molar refractivity (Wildman–Crippen MR) is 91.6 cm³/mol. The Morgan fingerprint density at radius 3 is 2.64 bits per heavy atom. The van der Waals surface area contributed by atoms with Crippen molar-refractivity contribution >= 4 is 23.5 Å². The van der Waals surface area contributed by atoms with Crippen LogP contribution in [0.25, 0.3) is 0 Å². The summed E-state index contributed by atoms with van der Waals surface area (Å²) in [6.45, 7) is 2.44. The van der Waals surface area contributed by atoms with Crippen LogP contribution in [-0.4, -0.2) is 60.8 Å². The molecule has 8 nitrogen and oxygen atoms in total. The first kappa shape index (κ1) is 18.9. The lowest BCUT2D eigenvalue weighted by Crippen LogP contribution is -2.39. The molecule has 1 aliphatic heterocycles. The number of benzene rings is 1. The standard InChI is InChI=1S/C17H23N3O5/c1-3-11(10-21)18-17(24)19-12-5-6-13-14(9-12)16(23)20(15(13)22)7-4-8-25-2/h5-6,9,11,21H,3-4,7-8,10H2,1-2H3,(H2,18,19,24). The van der Waals surface area contributed by atoms with E-state index in [2.05, 4.69) is 10.6 Å². The smallest absolute Gasteiger partial charge is 0.319 e. The van der Waals surface area contributed by atoms with Gasteiger partial charge in [-0.3, -0.25) is 14.5 Å². The molecule has 136 valence electrons. The number of rotatable bonds is 8. The number of nitrogens with zero attached hydrogens (tertiary/aromatic N) is 1. The summed E-state index contributed by atoms with van der Waals surface area (Å²) in [5, 5.41) is 14.3. The molecule has 0 radical (unpaired) electrons. The van der Waals surface area contributed by atoms with Crippen molar-refractivity contribution in [3.63, 3.8) is 0 Å². The zero-order chi connectivity index (χ0) is 18.4. The van der Waals surface area contributed by atoms with Crippen LogP contribution in [0.15, 0.2) is 18.2 Å². The van der Waals surface area contributed by atoms with Gasteiger partial charge in [0.25, 0.3) is 11.8 Å². The molecule has 1 atom stereocenters. The van der Waals surface area contributed by atoms with Gasteiger partial charge in [0, 0.05) is 25.9 Å². The lowest BCUT2D eigenvalue weighted by atomic mass is 10.1. The number of amides is 4. The first-order valence-electron chi connectivity index (χ1n) is 8.19. The third-order valence-electron chi connectivity index (χ3n) is 4.01. The molecule has 2 rings (SSSR count). The van der Waals surface area contributed by atoms with E-state index in [0.29, 0.717) is 30.7 Å². The Kier molecular flexibility index (Phi) is 6.49. The molecule has 0 saturated heterocycles. The van der Waals surface area contributed by atoms with Crippen LogP contribution >= 0.6 is 0 Å². The number of carbonyl (C=O) groups excluding carboxylic acids is 3. The number of nitrogens with one attached hydrogen (secondary N) is 2. The fourth-order valence-electron chi connectivity index (χ4n) is 2.57. The summed E-state index contributed by atoms with van der Waals surface area (Å²) >= 11 is 0.